The topological polar surface area (TPSA) is 105 Å². The van der Waals surface area contributed by atoms with E-state index in [0.717, 1.165) is 37.6 Å². The van der Waals surface area contributed by atoms with Crippen LogP contribution < -0.4 is 15.1 Å². The second kappa shape index (κ2) is 11.1. The Labute approximate surface area is 203 Å². The van der Waals surface area contributed by atoms with Crippen molar-refractivity contribution in [3.05, 3.63) is 82.2 Å². The molecule has 0 saturated carbocycles. The van der Waals surface area contributed by atoms with Gasteiger partial charge in [0.2, 0.25) is 11.2 Å². The second-order valence-electron chi connectivity index (χ2n) is 8.36. The predicted octanol–water partition coefficient (Wildman–Crippen LogP) is 2.77. The molecule has 35 heavy (non-hydrogen) atoms. The van der Waals surface area contributed by atoms with E-state index in [9.17, 15) is 14.7 Å². The number of aromatic hydroxyl groups is 1. The second-order valence-corrected chi connectivity index (χ2v) is 8.36. The Morgan fingerprint density at radius 3 is 2.40 bits per heavy atom. The number of carbonyl (C=O) groups excluding carboxylic acids is 1. The molecule has 1 saturated heterocycles. The Kier molecular flexibility index (Phi) is 7.67. The molecule has 0 spiro atoms. The average Bonchev–Trinajstić information content (AvgIpc) is 2.90. The maximum Gasteiger partial charge on any atom is 0.306 e. The third-order valence-electron chi connectivity index (χ3n) is 6.21. The van der Waals surface area contributed by atoms with Gasteiger partial charge in [-0.2, -0.15) is 0 Å². The summed E-state index contributed by atoms with van der Waals surface area (Å²) >= 11 is 0. The Bertz CT molecular complexity index is 1190. The highest BCUT2D eigenvalue weighted by Gasteiger charge is 2.27. The molecule has 0 radical (unpaired) electrons. The fourth-order valence-corrected chi connectivity index (χ4v) is 4.25. The lowest BCUT2D eigenvalue weighted by Gasteiger charge is -2.36. The summed E-state index contributed by atoms with van der Waals surface area (Å²) < 4.78 is 16.1. The first kappa shape index (κ1) is 24.3. The molecule has 1 aliphatic rings. The molecule has 9 heteroatoms. The van der Waals surface area contributed by atoms with Gasteiger partial charge in [0.25, 0.3) is 0 Å². The molecule has 1 aliphatic heterocycles. The van der Waals surface area contributed by atoms with Crippen LogP contribution in [0.4, 0.5) is 5.69 Å². The molecule has 0 aliphatic carbocycles. The molecule has 1 aromatic carbocycles. The molecule has 184 valence electrons. The van der Waals surface area contributed by atoms with E-state index in [1.807, 2.05) is 24.3 Å². The lowest BCUT2D eigenvalue weighted by Crippen LogP contribution is -2.46. The van der Waals surface area contributed by atoms with Crippen molar-refractivity contribution in [1.29, 1.82) is 0 Å². The van der Waals surface area contributed by atoms with Crippen LogP contribution in [0.5, 0.6) is 11.5 Å². The SMILES string of the molecule is COC(=O)C[C@H](c1ccncc1)c1oc(CN2CCN(c3ccc(OC)cc3)CC2)cc(=O)c1O. The fourth-order valence-electron chi connectivity index (χ4n) is 4.25. The molecular formula is C26H29N3O6. The lowest BCUT2D eigenvalue weighted by atomic mass is 9.93. The average molecular weight is 480 g/mol. The van der Waals surface area contributed by atoms with Gasteiger partial charge in [0.15, 0.2) is 5.76 Å². The van der Waals surface area contributed by atoms with E-state index in [1.165, 1.54) is 13.2 Å². The number of aromatic nitrogens is 1. The van der Waals surface area contributed by atoms with Crippen molar-refractivity contribution in [2.45, 2.75) is 18.9 Å². The highest BCUT2D eigenvalue weighted by atomic mass is 16.5. The third kappa shape index (κ3) is 5.81. The number of hydrogen-bond acceptors (Lipinski definition) is 9. The molecule has 0 bridgehead atoms. The third-order valence-corrected chi connectivity index (χ3v) is 6.21. The summed E-state index contributed by atoms with van der Waals surface area (Å²) in [5, 5.41) is 10.5. The van der Waals surface area contributed by atoms with Crippen LogP contribution in [0.15, 0.2) is 64.1 Å². The summed E-state index contributed by atoms with van der Waals surface area (Å²) in [6, 6.07) is 12.7. The first-order chi connectivity index (χ1) is 17.0. The highest BCUT2D eigenvalue weighted by Crippen LogP contribution is 2.33. The zero-order valence-corrected chi connectivity index (χ0v) is 19.8. The van der Waals surface area contributed by atoms with Crippen molar-refractivity contribution >= 4 is 11.7 Å². The molecule has 0 amide bonds. The predicted molar refractivity (Wildman–Crippen MR) is 130 cm³/mol. The van der Waals surface area contributed by atoms with Crippen LogP contribution in [-0.4, -0.2) is 61.4 Å². The smallest absolute Gasteiger partial charge is 0.306 e. The van der Waals surface area contributed by atoms with Crippen LogP contribution in [-0.2, 0) is 16.1 Å². The zero-order chi connectivity index (χ0) is 24.8. The first-order valence-corrected chi connectivity index (χ1v) is 11.4. The van der Waals surface area contributed by atoms with E-state index in [1.54, 1.807) is 31.6 Å². The molecule has 1 atom stereocenters. The summed E-state index contributed by atoms with van der Waals surface area (Å²) in [7, 11) is 2.94. The van der Waals surface area contributed by atoms with Gasteiger partial charge in [-0.25, -0.2) is 0 Å². The van der Waals surface area contributed by atoms with E-state index >= 15 is 0 Å². The van der Waals surface area contributed by atoms with Gasteiger partial charge in [-0.05, 0) is 42.0 Å². The number of carbonyl (C=O) groups is 1. The van der Waals surface area contributed by atoms with E-state index in [2.05, 4.69) is 14.8 Å². The van der Waals surface area contributed by atoms with Crippen molar-refractivity contribution in [3.8, 4) is 11.5 Å². The van der Waals surface area contributed by atoms with Gasteiger partial charge < -0.3 is 23.9 Å². The first-order valence-electron chi connectivity index (χ1n) is 11.4. The molecule has 2 aromatic heterocycles. The van der Waals surface area contributed by atoms with Gasteiger partial charge >= 0.3 is 5.97 Å². The molecule has 9 nitrogen and oxygen atoms in total. The maximum absolute atomic E-state index is 12.6. The van der Waals surface area contributed by atoms with Crippen molar-refractivity contribution < 1.29 is 23.8 Å². The van der Waals surface area contributed by atoms with Crippen molar-refractivity contribution in [3.63, 3.8) is 0 Å². The minimum absolute atomic E-state index is 0.0565. The summed E-state index contributed by atoms with van der Waals surface area (Å²) in [6.45, 7) is 3.62. The normalized spacial score (nSPS) is 15.0. The lowest BCUT2D eigenvalue weighted by molar-refractivity contribution is -0.140. The Morgan fingerprint density at radius 1 is 1.09 bits per heavy atom. The van der Waals surface area contributed by atoms with Crippen LogP contribution in [0.25, 0.3) is 0 Å². The fraction of sp³-hybridized carbons (Fsp3) is 0.346. The number of pyridine rings is 1. The highest BCUT2D eigenvalue weighted by molar-refractivity contribution is 5.71. The zero-order valence-electron chi connectivity index (χ0n) is 19.8. The van der Waals surface area contributed by atoms with E-state index in [0.29, 0.717) is 17.9 Å². The van der Waals surface area contributed by atoms with Crippen molar-refractivity contribution in [2.75, 3.05) is 45.3 Å². The molecule has 1 fully saturated rings. The van der Waals surface area contributed by atoms with Gasteiger partial charge in [0.05, 0.1) is 33.1 Å². The van der Waals surface area contributed by atoms with Gasteiger partial charge in [-0.1, -0.05) is 0 Å². The monoisotopic (exact) mass is 479 g/mol. The number of ether oxygens (including phenoxy) is 2. The van der Waals surface area contributed by atoms with Crippen LogP contribution in [0, 0.1) is 0 Å². The van der Waals surface area contributed by atoms with Crippen LogP contribution in [0.2, 0.25) is 0 Å². The number of methoxy groups -OCH3 is 2. The Hall–Kier alpha value is -3.85. The summed E-state index contributed by atoms with van der Waals surface area (Å²) in [4.78, 5) is 33.2. The van der Waals surface area contributed by atoms with Gasteiger partial charge in [0, 0.05) is 50.3 Å². The summed E-state index contributed by atoms with van der Waals surface area (Å²) in [6.07, 6.45) is 3.09. The Morgan fingerprint density at radius 2 is 1.77 bits per heavy atom. The largest absolute Gasteiger partial charge is 0.502 e. The van der Waals surface area contributed by atoms with E-state index in [4.69, 9.17) is 13.9 Å². The van der Waals surface area contributed by atoms with Crippen molar-refractivity contribution in [1.82, 2.24) is 9.88 Å². The number of rotatable bonds is 8. The standard InChI is InChI=1S/C26H29N3O6/c1-33-20-5-3-19(4-6-20)29-13-11-28(12-14-29)17-21-15-23(30)25(32)26(35-21)22(16-24(31)34-2)18-7-9-27-10-8-18/h3-10,15,22,32H,11-14,16-17H2,1-2H3/t22-/m1/s1. The number of esters is 1. The quantitative estimate of drug-likeness (QED) is 0.488. The Balaban J connectivity index is 1.50. The number of benzene rings is 1. The molecular weight excluding hydrogens is 450 g/mol. The number of nitrogens with zero attached hydrogens (tertiary/aromatic N) is 3. The van der Waals surface area contributed by atoms with E-state index in [-0.39, 0.29) is 12.2 Å². The number of hydrogen-bond donors (Lipinski definition) is 1. The van der Waals surface area contributed by atoms with Crippen LogP contribution in [0.3, 0.4) is 0 Å². The number of anilines is 1. The van der Waals surface area contributed by atoms with E-state index < -0.39 is 23.1 Å². The molecule has 4 rings (SSSR count). The maximum atomic E-state index is 12.6. The molecule has 0 unspecified atom stereocenters. The van der Waals surface area contributed by atoms with Gasteiger partial charge in [-0.3, -0.25) is 19.5 Å². The minimum atomic E-state index is -0.676. The number of piperazine rings is 1. The molecule has 1 N–H and O–H groups in total. The summed E-state index contributed by atoms with van der Waals surface area (Å²) in [5.74, 6) is -0.337. The summed E-state index contributed by atoms with van der Waals surface area (Å²) in [5.41, 5.74) is 1.28. The van der Waals surface area contributed by atoms with Crippen LogP contribution in [0.1, 0.15) is 29.4 Å². The minimum Gasteiger partial charge on any atom is -0.502 e. The van der Waals surface area contributed by atoms with Gasteiger partial charge in [0.1, 0.15) is 11.5 Å². The molecule has 3 heterocycles. The van der Waals surface area contributed by atoms with Gasteiger partial charge in [-0.15, -0.1) is 0 Å². The molecule has 3 aromatic rings. The van der Waals surface area contributed by atoms with Crippen LogP contribution >= 0.6 is 0 Å². The van der Waals surface area contributed by atoms with Crippen molar-refractivity contribution in [2.24, 2.45) is 0 Å².